The van der Waals surface area contributed by atoms with Gasteiger partial charge in [0.05, 0.1) is 10.6 Å². The lowest BCUT2D eigenvalue weighted by molar-refractivity contribution is -0.113. The van der Waals surface area contributed by atoms with E-state index in [1.807, 2.05) is 0 Å². The van der Waals surface area contributed by atoms with Crippen LogP contribution in [0.5, 0.6) is 0 Å². The molecule has 25 heavy (non-hydrogen) atoms. The van der Waals surface area contributed by atoms with Crippen molar-refractivity contribution in [3.63, 3.8) is 0 Å². The molecule has 3 rings (SSSR count). The first-order valence-corrected chi connectivity index (χ1v) is 10.7. The highest BCUT2D eigenvalue weighted by Crippen LogP contribution is 2.20. The summed E-state index contributed by atoms with van der Waals surface area (Å²) in [4.78, 5) is 16.2. The Morgan fingerprint density at radius 2 is 2.24 bits per heavy atom. The van der Waals surface area contributed by atoms with Crippen molar-refractivity contribution in [2.75, 3.05) is 17.6 Å². The number of rotatable bonds is 6. The Hall–Kier alpha value is -1.98. The number of aromatic nitrogens is 2. The SMILES string of the molecule is O=C(CSc1nncs1)Nc1cccc(S(=O)(=O)NC2=NCCC2)c1. The zero-order chi connectivity index (χ0) is 17.7. The van der Waals surface area contributed by atoms with Gasteiger partial charge in [0, 0.05) is 18.7 Å². The van der Waals surface area contributed by atoms with E-state index in [0.717, 1.165) is 6.42 Å². The zero-order valence-electron chi connectivity index (χ0n) is 13.0. The van der Waals surface area contributed by atoms with Crippen molar-refractivity contribution >= 4 is 50.6 Å². The van der Waals surface area contributed by atoms with Crippen LogP contribution < -0.4 is 10.0 Å². The third-order valence-electron chi connectivity index (χ3n) is 3.22. The normalized spacial score (nSPS) is 14.2. The van der Waals surface area contributed by atoms with Gasteiger partial charge in [-0.2, -0.15) is 0 Å². The molecule has 0 unspecified atom stereocenters. The molecule has 2 heterocycles. The number of nitrogens with one attached hydrogen (secondary N) is 2. The standard InChI is InChI=1S/C14H15N5O3S3/c20-13(8-23-14-18-16-9-24-14)17-10-3-1-4-11(7-10)25(21,22)19-12-5-2-6-15-12/h1,3-4,7,9H,2,5-6,8H2,(H,15,19)(H,17,20). The largest absolute Gasteiger partial charge is 0.325 e. The molecule has 1 aliphatic heterocycles. The number of benzene rings is 1. The molecule has 0 spiro atoms. The second kappa shape index (κ2) is 7.93. The van der Waals surface area contributed by atoms with Crippen molar-refractivity contribution in [2.45, 2.75) is 22.1 Å². The first-order chi connectivity index (χ1) is 12.0. The van der Waals surface area contributed by atoms with Crippen LogP contribution in [0.25, 0.3) is 0 Å². The second-order valence-electron chi connectivity index (χ2n) is 5.11. The molecule has 132 valence electrons. The highest BCUT2D eigenvalue weighted by atomic mass is 32.2. The first kappa shape index (κ1) is 17.8. The zero-order valence-corrected chi connectivity index (χ0v) is 15.5. The van der Waals surface area contributed by atoms with Gasteiger partial charge in [-0.15, -0.1) is 10.2 Å². The third kappa shape index (κ3) is 5.00. The summed E-state index contributed by atoms with van der Waals surface area (Å²) in [5.41, 5.74) is 2.01. The van der Waals surface area contributed by atoms with Crippen LogP contribution in [0, 0.1) is 0 Å². The number of hydrogen-bond donors (Lipinski definition) is 2. The van der Waals surface area contributed by atoms with Gasteiger partial charge in [-0.25, -0.2) is 8.42 Å². The van der Waals surface area contributed by atoms with Crippen LogP contribution in [0.2, 0.25) is 0 Å². The fourth-order valence-corrected chi connectivity index (χ4v) is 4.55. The molecule has 2 aromatic rings. The summed E-state index contributed by atoms with van der Waals surface area (Å²) in [7, 11) is -3.70. The van der Waals surface area contributed by atoms with E-state index in [0.29, 0.717) is 28.8 Å². The average Bonchev–Trinajstić information content (AvgIpc) is 3.26. The monoisotopic (exact) mass is 397 g/mol. The summed E-state index contributed by atoms with van der Waals surface area (Å²) in [6, 6.07) is 6.12. The molecule has 1 aliphatic rings. The van der Waals surface area contributed by atoms with Crippen LogP contribution in [0.4, 0.5) is 5.69 Å². The lowest BCUT2D eigenvalue weighted by Gasteiger charge is -2.10. The summed E-state index contributed by atoms with van der Waals surface area (Å²) in [5, 5.41) is 10.2. The van der Waals surface area contributed by atoms with E-state index in [2.05, 4.69) is 25.2 Å². The predicted molar refractivity (Wildman–Crippen MR) is 97.6 cm³/mol. The molecule has 1 amide bonds. The van der Waals surface area contributed by atoms with Crippen molar-refractivity contribution in [3.05, 3.63) is 29.8 Å². The van der Waals surface area contributed by atoms with Gasteiger partial charge in [-0.3, -0.25) is 14.5 Å². The van der Waals surface area contributed by atoms with Gasteiger partial charge >= 0.3 is 0 Å². The van der Waals surface area contributed by atoms with Gasteiger partial charge in [0.25, 0.3) is 10.0 Å². The number of anilines is 1. The smallest absolute Gasteiger partial charge is 0.262 e. The molecule has 0 aliphatic carbocycles. The second-order valence-corrected chi connectivity index (χ2v) is 8.84. The molecule has 0 radical (unpaired) electrons. The quantitative estimate of drug-likeness (QED) is 0.718. The molecule has 2 N–H and O–H groups in total. The van der Waals surface area contributed by atoms with Gasteiger partial charge in [-0.1, -0.05) is 29.2 Å². The highest BCUT2D eigenvalue weighted by molar-refractivity contribution is 8.01. The Morgan fingerprint density at radius 1 is 1.36 bits per heavy atom. The number of amides is 1. The molecular formula is C14H15N5O3S3. The van der Waals surface area contributed by atoms with Crippen LogP contribution >= 0.6 is 23.1 Å². The molecular weight excluding hydrogens is 382 g/mol. The van der Waals surface area contributed by atoms with Crippen LogP contribution in [-0.4, -0.2) is 42.7 Å². The molecule has 0 saturated carbocycles. The maximum Gasteiger partial charge on any atom is 0.262 e. The van der Waals surface area contributed by atoms with E-state index >= 15 is 0 Å². The predicted octanol–water partition coefficient (Wildman–Crippen LogP) is 1.74. The maximum atomic E-state index is 12.4. The number of sulfonamides is 1. The Labute approximate surface area is 153 Å². The molecule has 0 atom stereocenters. The third-order valence-corrected chi connectivity index (χ3v) is 6.46. The van der Waals surface area contributed by atoms with Gasteiger partial charge < -0.3 is 5.32 Å². The van der Waals surface area contributed by atoms with Crippen molar-refractivity contribution in [2.24, 2.45) is 4.99 Å². The van der Waals surface area contributed by atoms with Crippen molar-refractivity contribution in [1.29, 1.82) is 0 Å². The minimum atomic E-state index is -3.70. The van der Waals surface area contributed by atoms with Crippen LogP contribution in [0.15, 0.2) is 44.0 Å². The molecule has 0 saturated heterocycles. The minimum Gasteiger partial charge on any atom is -0.325 e. The van der Waals surface area contributed by atoms with Crippen LogP contribution in [0.1, 0.15) is 12.8 Å². The topological polar surface area (TPSA) is 113 Å². The number of aliphatic imine (C=N–C) groups is 1. The number of carbonyl (C=O) groups excluding carboxylic acids is 1. The summed E-state index contributed by atoms with van der Waals surface area (Å²) in [6.45, 7) is 0.639. The van der Waals surface area contributed by atoms with Crippen molar-refractivity contribution in [1.82, 2.24) is 14.9 Å². The summed E-state index contributed by atoms with van der Waals surface area (Å²) in [5.74, 6) is 0.395. The molecule has 0 bridgehead atoms. The Balaban J connectivity index is 1.63. The van der Waals surface area contributed by atoms with Crippen LogP contribution in [0.3, 0.4) is 0 Å². The van der Waals surface area contributed by atoms with Crippen LogP contribution in [-0.2, 0) is 14.8 Å². The first-order valence-electron chi connectivity index (χ1n) is 7.38. The molecule has 11 heteroatoms. The van der Waals surface area contributed by atoms with Gasteiger partial charge in [0.2, 0.25) is 5.91 Å². The number of carbonyl (C=O) groups is 1. The maximum absolute atomic E-state index is 12.4. The summed E-state index contributed by atoms with van der Waals surface area (Å²) < 4.78 is 28.0. The van der Waals surface area contributed by atoms with E-state index in [9.17, 15) is 13.2 Å². The average molecular weight is 398 g/mol. The number of nitrogens with zero attached hydrogens (tertiary/aromatic N) is 3. The molecule has 1 aromatic carbocycles. The lowest BCUT2D eigenvalue weighted by Crippen LogP contribution is -2.29. The summed E-state index contributed by atoms with van der Waals surface area (Å²) in [6.07, 6.45) is 1.47. The number of hydrogen-bond acceptors (Lipinski definition) is 8. The Bertz CT molecular complexity index is 881. The Morgan fingerprint density at radius 3 is 2.96 bits per heavy atom. The fourth-order valence-electron chi connectivity index (χ4n) is 2.13. The number of amidine groups is 1. The lowest BCUT2D eigenvalue weighted by atomic mass is 10.3. The minimum absolute atomic E-state index is 0.0803. The van der Waals surface area contributed by atoms with E-state index < -0.39 is 10.0 Å². The van der Waals surface area contributed by atoms with E-state index in [1.165, 1.54) is 35.2 Å². The van der Waals surface area contributed by atoms with Crippen molar-refractivity contribution in [3.8, 4) is 0 Å². The molecule has 8 nitrogen and oxygen atoms in total. The number of thioether (sulfide) groups is 1. The van der Waals surface area contributed by atoms with Gasteiger partial charge in [0.1, 0.15) is 11.3 Å². The van der Waals surface area contributed by atoms with E-state index in [-0.39, 0.29) is 16.6 Å². The van der Waals surface area contributed by atoms with Crippen molar-refractivity contribution < 1.29 is 13.2 Å². The van der Waals surface area contributed by atoms with E-state index in [1.54, 1.807) is 17.6 Å². The highest BCUT2D eigenvalue weighted by Gasteiger charge is 2.18. The fraction of sp³-hybridized carbons (Fsp3) is 0.286. The van der Waals surface area contributed by atoms with Gasteiger partial charge in [0.15, 0.2) is 4.34 Å². The molecule has 1 aromatic heterocycles. The Kier molecular flexibility index (Phi) is 5.66. The van der Waals surface area contributed by atoms with Gasteiger partial charge in [-0.05, 0) is 24.6 Å². The summed E-state index contributed by atoms with van der Waals surface area (Å²) >= 11 is 2.63. The molecule has 0 fully saturated rings. The van der Waals surface area contributed by atoms with E-state index in [4.69, 9.17) is 0 Å².